The van der Waals surface area contributed by atoms with Gasteiger partial charge in [-0.1, -0.05) is 12.1 Å². The van der Waals surface area contributed by atoms with Gasteiger partial charge in [0.25, 0.3) is 5.91 Å². The molecule has 30 heavy (non-hydrogen) atoms. The molecule has 1 aliphatic heterocycles. The van der Waals surface area contributed by atoms with E-state index >= 15 is 0 Å². The van der Waals surface area contributed by atoms with Crippen molar-refractivity contribution < 1.29 is 22.7 Å². The van der Waals surface area contributed by atoms with Crippen LogP contribution in [0.4, 0.5) is 17.1 Å². The number of methoxy groups -OCH3 is 1. The van der Waals surface area contributed by atoms with E-state index in [9.17, 15) is 18.0 Å². The van der Waals surface area contributed by atoms with Gasteiger partial charge in [-0.15, -0.1) is 11.3 Å². The van der Waals surface area contributed by atoms with Gasteiger partial charge in [0.15, 0.2) is 0 Å². The van der Waals surface area contributed by atoms with E-state index in [1.165, 1.54) is 13.2 Å². The maximum absolute atomic E-state index is 12.7. The number of benzene rings is 2. The lowest BCUT2D eigenvalue weighted by Gasteiger charge is -2.11. The second kappa shape index (κ2) is 7.56. The molecule has 154 valence electrons. The number of carbonyl (C=O) groups excluding carboxylic acids is 2. The van der Waals surface area contributed by atoms with Crippen molar-refractivity contribution in [1.82, 2.24) is 0 Å². The third-order valence-corrected chi connectivity index (χ3v) is 7.16. The lowest BCUT2D eigenvalue weighted by atomic mass is 10.1. The van der Waals surface area contributed by atoms with Crippen molar-refractivity contribution in [2.75, 3.05) is 17.7 Å². The number of hydrogen-bond acceptors (Lipinski definition) is 7. The molecule has 2 aromatic carbocycles. The highest BCUT2D eigenvalue weighted by Gasteiger charge is 2.21. The maximum Gasteiger partial charge on any atom is 0.309 e. The van der Waals surface area contributed by atoms with Crippen molar-refractivity contribution in [1.29, 1.82) is 0 Å². The number of fused-ring (bicyclic) bond motifs is 2. The Balaban J connectivity index is 1.69. The predicted octanol–water partition coefficient (Wildman–Crippen LogP) is 3.09. The average molecular weight is 444 g/mol. The van der Waals surface area contributed by atoms with Gasteiger partial charge in [-0.3, -0.25) is 9.59 Å². The Kier molecular flexibility index (Phi) is 5.06. The Morgan fingerprint density at radius 2 is 1.83 bits per heavy atom. The summed E-state index contributed by atoms with van der Waals surface area (Å²) < 4.78 is 27.8. The van der Waals surface area contributed by atoms with Crippen LogP contribution >= 0.6 is 11.3 Å². The van der Waals surface area contributed by atoms with Crippen LogP contribution in [0.3, 0.4) is 0 Å². The van der Waals surface area contributed by atoms with E-state index in [0.29, 0.717) is 33.1 Å². The molecule has 4 rings (SSSR count). The molecule has 3 aromatic rings. The number of nitrogens with one attached hydrogen (secondary N) is 2. The molecule has 1 aliphatic rings. The maximum atomic E-state index is 12.7. The first-order valence-electron chi connectivity index (χ1n) is 8.80. The average Bonchev–Trinajstić information content (AvgIpc) is 3.15. The number of hydrogen-bond donors (Lipinski definition) is 3. The molecule has 1 amide bonds. The standard InChI is InChI=1S/C20H17N3O5S2/c1-28-18(24)9-11-2-5-14-16(8-11)23-20(25)13-4-3-12(10-15(13)22-14)17-6-7-19(29-17)30(21,26)27/h2-8,10,22H,9H2,1H3,(H,23,25)(H2,21,26,27). The van der Waals surface area contributed by atoms with Crippen LogP contribution in [0.5, 0.6) is 0 Å². The first-order valence-corrected chi connectivity index (χ1v) is 11.2. The predicted molar refractivity (Wildman–Crippen MR) is 115 cm³/mol. The third kappa shape index (κ3) is 3.92. The number of esters is 1. The Bertz CT molecular complexity index is 1280. The van der Waals surface area contributed by atoms with Gasteiger partial charge in [0.1, 0.15) is 4.21 Å². The third-order valence-electron chi connectivity index (χ3n) is 4.59. The Hall–Kier alpha value is -3.21. The van der Waals surface area contributed by atoms with Gasteiger partial charge in [0.05, 0.1) is 36.2 Å². The molecule has 0 atom stereocenters. The van der Waals surface area contributed by atoms with E-state index in [4.69, 9.17) is 5.14 Å². The van der Waals surface area contributed by atoms with E-state index < -0.39 is 10.0 Å². The van der Waals surface area contributed by atoms with Crippen LogP contribution in [0.2, 0.25) is 0 Å². The SMILES string of the molecule is COC(=O)Cc1ccc2c(c1)NC(=O)c1ccc(-c3ccc(S(N)(=O)=O)s3)cc1N2. The highest BCUT2D eigenvalue weighted by atomic mass is 32.2. The molecule has 0 unspecified atom stereocenters. The summed E-state index contributed by atoms with van der Waals surface area (Å²) in [5, 5.41) is 11.3. The van der Waals surface area contributed by atoms with Crippen molar-refractivity contribution in [2.24, 2.45) is 5.14 Å². The fourth-order valence-electron chi connectivity index (χ4n) is 3.11. The van der Waals surface area contributed by atoms with Gasteiger partial charge in [-0.2, -0.15) is 0 Å². The second-order valence-electron chi connectivity index (χ2n) is 6.64. The number of amides is 1. The fraction of sp³-hybridized carbons (Fsp3) is 0.100. The molecule has 2 heterocycles. The molecular formula is C20H17N3O5S2. The zero-order valence-corrected chi connectivity index (χ0v) is 17.4. The number of ether oxygens (including phenoxy) is 1. The highest BCUT2D eigenvalue weighted by molar-refractivity contribution is 7.91. The molecule has 10 heteroatoms. The first kappa shape index (κ1) is 20.1. The molecule has 0 saturated carbocycles. The summed E-state index contributed by atoms with van der Waals surface area (Å²) in [6.45, 7) is 0. The Morgan fingerprint density at radius 1 is 1.03 bits per heavy atom. The van der Waals surface area contributed by atoms with Gasteiger partial charge in [0, 0.05) is 4.88 Å². The second-order valence-corrected chi connectivity index (χ2v) is 9.51. The van der Waals surface area contributed by atoms with Crippen LogP contribution in [0.1, 0.15) is 15.9 Å². The number of sulfonamides is 1. The Morgan fingerprint density at radius 3 is 2.53 bits per heavy atom. The highest BCUT2D eigenvalue weighted by Crippen LogP contribution is 2.37. The van der Waals surface area contributed by atoms with Gasteiger partial charge in [-0.05, 0) is 47.5 Å². The largest absolute Gasteiger partial charge is 0.469 e. The lowest BCUT2D eigenvalue weighted by Crippen LogP contribution is -2.11. The van der Waals surface area contributed by atoms with E-state index in [2.05, 4.69) is 15.4 Å². The van der Waals surface area contributed by atoms with Gasteiger partial charge >= 0.3 is 5.97 Å². The minimum atomic E-state index is -3.77. The lowest BCUT2D eigenvalue weighted by molar-refractivity contribution is -0.139. The molecule has 0 radical (unpaired) electrons. The molecule has 1 aromatic heterocycles. The summed E-state index contributed by atoms with van der Waals surface area (Å²) in [7, 11) is -2.45. The molecule has 8 nitrogen and oxygen atoms in total. The molecule has 4 N–H and O–H groups in total. The van der Waals surface area contributed by atoms with Crippen LogP contribution in [0, 0.1) is 0 Å². The number of carbonyl (C=O) groups is 2. The summed E-state index contributed by atoms with van der Waals surface area (Å²) in [6, 6.07) is 13.6. The monoisotopic (exact) mass is 443 g/mol. The van der Waals surface area contributed by atoms with Crippen molar-refractivity contribution in [2.45, 2.75) is 10.6 Å². The van der Waals surface area contributed by atoms with Crippen LogP contribution in [-0.4, -0.2) is 27.4 Å². The van der Waals surface area contributed by atoms with E-state index in [-0.39, 0.29) is 22.5 Å². The Labute approximate surface area is 176 Å². The molecule has 0 saturated heterocycles. The molecule has 0 spiro atoms. The van der Waals surface area contributed by atoms with Gasteiger partial charge < -0.3 is 15.4 Å². The number of thiophene rings is 1. The number of nitrogens with two attached hydrogens (primary N) is 1. The van der Waals surface area contributed by atoms with Gasteiger partial charge in [0.2, 0.25) is 10.0 Å². The number of rotatable bonds is 4. The van der Waals surface area contributed by atoms with Crippen LogP contribution < -0.4 is 15.8 Å². The summed E-state index contributed by atoms with van der Waals surface area (Å²) in [5.74, 6) is -0.667. The molecule has 0 aliphatic carbocycles. The van der Waals surface area contributed by atoms with Crippen LogP contribution in [0.25, 0.3) is 10.4 Å². The van der Waals surface area contributed by atoms with Crippen molar-refractivity contribution in [3.05, 3.63) is 59.7 Å². The van der Waals surface area contributed by atoms with E-state index in [1.54, 1.807) is 42.5 Å². The fourth-order valence-corrected chi connectivity index (χ4v) is 4.84. The smallest absolute Gasteiger partial charge is 0.309 e. The first-order chi connectivity index (χ1) is 14.2. The van der Waals surface area contributed by atoms with Crippen LogP contribution in [-0.2, 0) is 26.0 Å². The quantitative estimate of drug-likeness (QED) is 0.532. The van der Waals surface area contributed by atoms with Gasteiger partial charge in [-0.25, -0.2) is 13.6 Å². The number of primary sulfonamides is 1. The van der Waals surface area contributed by atoms with E-state index in [0.717, 1.165) is 16.9 Å². The van der Waals surface area contributed by atoms with Crippen LogP contribution in [0.15, 0.2) is 52.7 Å². The summed E-state index contributed by atoms with van der Waals surface area (Å²) in [4.78, 5) is 24.9. The van der Waals surface area contributed by atoms with Crippen molar-refractivity contribution in [3.63, 3.8) is 0 Å². The van der Waals surface area contributed by atoms with Crippen molar-refractivity contribution in [3.8, 4) is 10.4 Å². The molecule has 0 bridgehead atoms. The normalized spacial score (nSPS) is 12.8. The summed E-state index contributed by atoms with van der Waals surface area (Å²) in [6.07, 6.45) is 0.0987. The van der Waals surface area contributed by atoms with E-state index in [1.807, 2.05) is 0 Å². The molecular weight excluding hydrogens is 426 g/mol. The summed E-state index contributed by atoms with van der Waals surface area (Å²) >= 11 is 1.06. The zero-order chi connectivity index (χ0) is 21.5. The molecule has 0 fully saturated rings. The summed E-state index contributed by atoms with van der Waals surface area (Å²) in [5.41, 5.74) is 3.70. The number of anilines is 3. The van der Waals surface area contributed by atoms with Crippen molar-refractivity contribution >= 4 is 50.3 Å². The topological polar surface area (TPSA) is 128 Å². The zero-order valence-electron chi connectivity index (χ0n) is 15.8. The minimum Gasteiger partial charge on any atom is -0.469 e. The minimum absolute atomic E-state index is 0.0710.